The van der Waals surface area contributed by atoms with Crippen LogP contribution in [0, 0.1) is 0 Å². The van der Waals surface area contributed by atoms with Crippen molar-refractivity contribution in [3.05, 3.63) is 53.6 Å². The molecule has 1 aliphatic heterocycles. The number of ether oxygens (including phenoxy) is 3. The number of nitrogens with one attached hydrogen (secondary N) is 1. The van der Waals surface area contributed by atoms with Gasteiger partial charge >= 0.3 is 5.97 Å². The normalized spacial score (nSPS) is 15.7. The Morgan fingerprint density at radius 2 is 1.86 bits per heavy atom. The number of likely N-dealkylation sites (tertiary alicyclic amines) is 1. The molecule has 0 unspecified atom stereocenters. The standard InChI is InChI=1S/C22H26N2O4S/c1-4-28-21(25)15-7-10-17(11-8-15)23-22(29)24-13-5-6-18(24)16-9-12-19(26-2)20(14-16)27-3/h7-12,14,18H,4-6,13H2,1-3H3,(H,23,29)/t18-/m1/s1. The summed E-state index contributed by atoms with van der Waals surface area (Å²) >= 11 is 5.68. The minimum Gasteiger partial charge on any atom is -0.493 e. The summed E-state index contributed by atoms with van der Waals surface area (Å²) in [5, 5.41) is 3.94. The number of rotatable bonds is 6. The lowest BCUT2D eigenvalue weighted by molar-refractivity contribution is 0.0526. The van der Waals surface area contributed by atoms with Crippen LogP contribution in [0.25, 0.3) is 0 Å². The SMILES string of the molecule is CCOC(=O)c1ccc(NC(=S)N2CCC[C@@H]2c2ccc(OC)c(OC)c2)cc1. The van der Waals surface area contributed by atoms with Crippen molar-refractivity contribution in [2.45, 2.75) is 25.8 Å². The number of benzene rings is 2. The second-order valence-corrected chi connectivity index (χ2v) is 7.08. The van der Waals surface area contributed by atoms with Crippen LogP contribution < -0.4 is 14.8 Å². The van der Waals surface area contributed by atoms with E-state index in [4.69, 9.17) is 26.4 Å². The highest BCUT2D eigenvalue weighted by Gasteiger charge is 2.28. The number of thiocarbonyl (C=S) groups is 1. The van der Waals surface area contributed by atoms with Crippen molar-refractivity contribution < 1.29 is 19.0 Å². The summed E-state index contributed by atoms with van der Waals surface area (Å²) in [6.45, 7) is 3.03. The number of nitrogens with zero attached hydrogens (tertiary/aromatic N) is 1. The van der Waals surface area contributed by atoms with Crippen LogP contribution in [0.3, 0.4) is 0 Å². The number of hydrogen-bond donors (Lipinski definition) is 1. The predicted octanol–water partition coefficient (Wildman–Crippen LogP) is 4.41. The molecular formula is C22H26N2O4S. The Bertz CT molecular complexity index is 870. The molecule has 7 heteroatoms. The van der Waals surface area contributed by atoms with Crippen LogP contribution in [0.1, 0.15) is 41.7 Å². The van der Waals surface area contributed by atoms with Gasteiger partial charge in [0.25, 0.3) is 0 Å². The molecule has 0 aromatic heterocycles. The van der Waals surface area contributed by atoms with Crippen LogP contribution in [0.4, 0.5) is 5.69 Å². The molecule has 0 spiro atoms. The first kappa shape index (κ1) is 20.9. The lowest BCUT2D eigenvalue weighted by Crippen LogP contribution is -2.34. The fourth-order valence-electron chi connectivity index (χ4n) is 3.52. The summed E-state index contributed by atoms with van der Waals surface area (Å²) < 4.78 is 15.8. The van der Waals surface area contributed by atoms with E-state index in [0.29, 0.717) is 28.8 Å². The fraction of sp³-hybridized carbons (Fsp3) is 0.364. The Morgan fingerprint density at radius 3 is 2.52 bits per heavy atom. The van der Waals surface area contributed by atoms with E-state index in [2.05, 4.69) is 16.3 Å². The summed E-state index contributed by atoms with van der Waals surface area (Å²) in [5.41, 5.74) is 2.50. The van der Waals surface area contributed by atoms with Crippen LogP contribution in [-0.4, -0.2) is 43.4 Å². The maximum absolute atomic E-state index is 11.8. The summed E-state index contributed by atoms with van der Waals surface area (Å²) in [4.78, 5) is 14.0. The molecule has 2 aromatic rings. The van der Waals surface area contributed by atoms with Gasteiger partial charge in [-0.25, -0.2) is 4.79 Å². The van der Waals surface area contributed by atoms with Gasteiger partial charge < -0.3 is 24.4 Å². The number of methoxy groups -OCH3 is 2. The van der Waals surface area contributed by atoms with Gasteiger partial charge in [0.15, 0.2) is 16.6 Å². The van der Waals surface area contributed by atoms with Gasteiger partial charge in [0.05, 0.1) is 32.4 Å². The predicted molar refractivity (Wildman–Crippen MR) is 117 cm³/mol. The number of anilines is 1. The topological polar surface area (TPSA) is 60.0 Å². The van der Waals surface area contributed by atoms with E-state index in [1.807, 2.05) is 24.3 Å². The van der Waals surface area contributed by atoms with E-state index in [0.717, 1.165) is 30.6 Å². The van der Waals surface area contributed by atoms with Crippen molar-refractivity contribution in [2.75, 3.05) is 32.7 Å². The number of esters is 1. The molecule has 0 bridgehead atoms. The van der Waals surface area contributed by atoms with Crippen molar-refractivity contribution in [3.8, 4) is 11.5 Å². The lowest BCUT2D eigenvalue weighted by atomic mass is 10.0. The van der Waals surface area contributed by atoms with Crippen molar-refractivity contribution in [2.24, 2.45) is 0 Å². The maximum atomic E-state index is 11.8. The van der Waals surface area contributed by atoms with Crippen molar-refractivity contribution in [1.29, 1.82) is 0 Å². The van der Waals surface area contributed by atoms with Gasteiger partial charge in [-0.3, -0.25) is 0 Å². The Balaban J connectivity index is 1.71. The van der Waals surface area contributed by atoms with Gasteiger partial charge in [-0.2, -0.15) is 0 Å². The molecule has 1 atom stereocenters. The zero-order valence-corrected chi connectivity index (χ0v) is 17.8. The van der Waals surface area contributed by atoms with Gasteiger partial charge in [0.2, 0.25) is 0 Å². The van der Waals surface area contributed by atoms with E-state index in [9.17, 15) is 4.79 Å². The molecule has 0 radical (unpaired) electrons. The second kappa shape index (κ2) is 9.60. The monoisotopic (exact) mass is 414 g/mol. The molecule has 1 aliphatic rings. The molecule has 3 rings (SSSR count). The molecule has 0 saturated carbocycles. The summed E-state index contributed by atoms with van der Waals surface area (Å²) in [6, 6.07) is 13.3. The molecule has 6 nitrogen and oxygen atoms in total. The van der Waals surface area contributed by atoms with E-state index < -0.39 is 0 Å². The first-order valence-corrected chi connectivity index (χ1v) is 10.0. The minimum atomic E-state index is -0.324. The molecule has 1 saturated heterocycles. The van der Waals surface area contributed by atoms with Gasteiger partial charge in [-0.1, -0.05) is 6.07 Å². The Kier molecular flexibility index (Phi) is 6.93. The number of carbonyl (C=O) groups excluding carboxylic acids is 1. The Labute approximate surface area is 176 Å². The largest absolute Gasteiger partial charge is 0.493 e. The lowest BCUT2D eigenvalue weighted by Gasteiger charge is -2.28. The third-order valence-corrected chi connectivity index (χ3v) is 5.29. The number of hydrogen-bond acceptors (Lipinski definition) is 5. The smallest absolute Gasteiger partial charge is 0.338 e. The van der Waals surface area contributed by atoms with Crippen LogP contribution in [0.2, 0.25) is 0 Å². The first-order valence-electron chi connectivity index (χ1n) is 9.64. The van der Waals surface area contributed by atoms with Gasteiger partial charge in [-0.05, 0) is 73.9 Å². The van der Waals surface area contributed by atoms with Gasteiger partial charge in [-0.15, -0.1) is 0 Å². The van der Waals surface area contributed by atoms with Crippen molar-refractivity contribution >= 4 is 29.0 Å². The third kappa shape index (κ3) is 4.79. The molecule has 2 aromatic carbocycles. The highest BCUT2D eigenvalue weighted by molar-refractivity contribution is 7.80. The van der Waals surface area contributed by atoms with Crippen molar-refractivity contribution in [3.63, 3.8) is 0 Å². The Hall–Kier alpha value is -2.80. The van der Waals surface area contributed by atoms with Gasteiger partial charge in [0.1, 0.15) is 0 Å². The molecule has 29 heavy (non-hydrogen) atoms. The van der Waals surface area contributed by atoms with E-state index in [1.165, 1.54) is 0 Å². The average Bonchev–Trinajstić information content (AvgIpc) is 3.24. The van der Waals surface area contributed by atoms with Crippen LogP contribution in [0.5, 0.6) is 11.5 Å². The van der Waals surface area contributed by atoms with E-state index in [-0.39, 0.29) is 12.0 Å². The van der Waals surface area contributed by atoms with Crippen LogP contribution >= 0.6 is 12.2 Å². The minimum absolute atomic E-state index is 0.175. The molecular weight excluding hydrogens is 388 g/mol. The first-order chi connectivity index (χ1) is 14.1. The van der Waals surface area contributed by atoms with Crippen LogP contribution in [-0.2, 0) is 4.74 Å². The molecule has 0 amide bonds. The summed E-state index contributed by atoms with van der Waals surface area (Å²) in [5.74, 6) is 1.10. The second-order valence-electron chi connectivity index (χ2n) is 6.69. The van der Waals surface area contributed by atoms with Crippen LogP contribution in [0.15, 0.2) is 42.5 Å². The quantitative estimate of drug-likeness (QED) is 0.555. The van der Waals surface area contributed by atoms with Crippen molar-refractivity contribution in [1.82, 2.24) is 4.90 Å². The summed E-state index contributed by atoms with van der Waals surface area (Å²) in [6.07, 6.45) is 2.07. The highest BCUT2D eigenvalue weighted by Crippen LogP contribution is 2.37. The zero-order chi connectivity index (χ0) is 20.8. The molecule has 1 N–H and O–H groups in total. The molecule has 1 heterocycles. The third-order valence-electron chi connectivity index (χ3n) is 4.95. The fourth-order valence-corrected chi connectivity index (χ4v) is 3.85. The molecule has 0 aliphatic carbocycles. The average molecular weight is 415 g/mol. The number of carbonyl (C=O) groups is 1. The van der Waals surface area contributed by atoms with E-state index >= 15 is 0 Å². The Morgan fingerprint density at radius 1 is 1.14 bits per heavy atom. The van der Waals surface area contributed by atoms with E-state index in [1.54, 1.807) is 33.3 Å². The molecule has 154 valence electrons. The highest BCUT2D eigenvalue weighted by atomic mass is 32.1. The van der Waals surface area contributed by atoms with Gasteiger partial charge in [0, 0.05) is 12.2 Å². The maximum Gasteiger partial charge on any atom is 0.338 e. The summed E-state index contributed by atoms with van der Waals surface area (Å²) in [7, 11) is 3.27. The molecule has 1 fully saturated rings. The zero-order valence-electron chi connectivity index (χ0n) is 16.9.